The zero-order chi connectivity index (χ0) is 17.1. The number of amides is 1. The van der Waals surface area contributed by atoms with E-state index in [0.29, 0.717) is 11.0 Å². The molecule has 0 aliphatic carbocycles. The smallest absolute Gasteiger partial charge is 0.272 e. The first-order valence-electron chi connectivity index (χ1n) is 5.45. The van der Waals surface area contributed by atoms with Crippen molar-refractivity contribution in [3.8, 4) is 0 Å². The van der Waals surface area contributed by atoms with Crippen LogP contribution in [-0.2, 0) is 14.4 Å². The van der Waals surface area contributed by atoms with Crippen molar-refractivity contribution in [1.29, 1.82) is 5.41 Å². The lowest BCUT2D eigenvalue weighted by atomic mass is 10.1. The van der Waals surface area contributed by atoms with Gasteiger partial charge in [-0.2, -0.15) is 0 Å². The summed E-state index contributed by atoms with van der Waals surface area (Å²) in [5.74, 6) is -1.51. The van der Waals surface area contributed by atoms with E-state index < -0.39 is 31.5 Å². The van der Waals surface area contributed by atoms with Crippen LogP contribution in [0.5, 0.6) is 0 Å². The van der Waals surface area contributed by atoms with Gasteiger partial charge in [-0.3, -0.25) is 10.2 Å². The Morgan fingerprint density at radius 3 is 2.41 bits per heavy atom. The molecule has 1 amide bonds. The zero-order valence-corrected chi connectivity index (χ0v) is 16.5. The number of carbonyl (C=O) groups excluding carboxylic acids is 1. The van der Waals surface area contributed by atoms with Crippen LogP contribution in [0.3, 0.4) is 0 Å². The molecule has 0 radical (unpaired) electrons. The van der Waals surface area contributed by atoms with E-state index in [4.69, 9.17) is 84.6 Å². The van der Waals surface area contributed by atoms with Gasteiger partial charge in [0.25, 0.3) is 13.5 Å². The first kappa shape index (κ1) is 20.7. The van der Waals surface area contributed by atoms with Crippen molar-refractivity contribution >= 4 is 102 Å². The van der Waals surface area contributed by atoms with E-state index >= 15 is 0 Å². The van der Waals surface area contributed by atoms with Gasteiger partial charge in [0.05, 0.1) is 0 Å². The predicted molar refractivity (Wildman–Crippen MR) is 92.0 cm³/mol. The molecule has 0 aromatic carbocycles. The normalized spacial score (nSPS) is 20.0. The summed E-state index contributed by atoms with van der Waals surface area (Å²) in [5, 5.41) is 13.6. The molecule has 6 nitrogen and oxygen atoms in total. The molecule has 22 heavy (non-hydrogen) atoms. The highest BCUT2D eigenvalue weighted by atomic mass is 79.9. The lowest BCUT2D eigenvalue weighted by Crippen LogP contribution is -2.50. The molecular formula is C9H8BrCl6N3O3. The fraction of sp³-hybridized carbons (Fsp3) is 0.667. The molecule has 1 aliphatic rings. The SMILES string of the molecule is N=C(OCC(NC(=O)C(Cl)(Cl)Cl)C1CC(Br)=NO1)C(Cl)(Cl)Cl. The predicted octanol–water partition coefficient (Wildman–Crippen LogP) is 3.70. The average Bonchev–Trinajstić information content (AvgIpc) is 2.77. The van der Waals surface area contributed by atoms with Crippen molar-refractivity contribution < 1.29 is 14.4 Å². The molecule has 0 bridgehead atoms. The summed E-state index contributed by atoms with van der Waals surface area (Å²) < 4.78 is 1.36. The van der Waals surface area contributed by atoms with Crippen LogP contribution in [0.2, 0.25) is 0 Å². The average molecular weight is 499 g/mol. The molecule has 126 valence electrons. The second-order valence-corrected chi connectivity index (χ2v) is 9.51. The molecule has 2 unspecified atom stereocenters. The molecule has 0 fully saturated rings. The molecule has 0 saturated heterocycles. The molecule has 1 aliphatic heterocycles. The number of oxime groups is 1. The van der Waals surface area contributed by atoms with Gasteiger partial charge in [0, 0.05) is 6.42 Å². The van der Waals surface area contributed by atoms with Gasteiger partial charge in [-0.25, -0.2) is 0 Å². The second kappa shape index (κ2) is 8.14. The molecule has 2 N–H and O–H groups in total. The zero-order valence-electron chi connectivity index (χ0n) is 10.4. The standard InChI is InChI=1S/C9H8BrCl6N3O3/c10-5-1-4(22-19-5)3(18-7(20)9(14,15)16)2-21-6(17)8(11,12)13/h3-4,17H,1-2H2,(H,18,20). The Hall–Kier alpha value is 0.630. The third-order valence-electron chi connectivity index (χ3n) is 2.34. The highest BCUT2D eigenvalue weighted by Gasteiger charge is 2.38. The lowest BCUT2D eigenvalue weighted by Gasteiger charge is -2.25. The number of nitrogens with one attached hydrogen (secondary N) is 2. The third kappa shape index (κ3) is 6.63. The first-order valence-corrected chi connectivity index (χ1v) is 8.51. The molecule has 1 heterocycles. The Kier molecular flexibility index (Phi) is 7.65. The summed E-state index contributed by atoms with van der Waals surface area (Å²) >= 11 is 36.1. The third-order valence-corrected chi connectivity index (χ3v) is 3.84. The Balaban J connectivity index is 2.71. The molecule has 2 atom stereocenters. The van der Waals surface area contributed by atoms with Gasteiger partial charge in [-0.1, -0.05) is 74.8 Å². The number of ether oxygens (including phenoxy) is 1. The topological polar surface area (TPSA) is 83.8 Å². The minimum absolute atomic E-state index is 0.250. The monoisotopic (exact) mass is 495 g/mol. The van der Waals surface area contributed by atoms with E-state index in [-0.39, 0.29) is 6.61 Å². The number of halogens is 7. The Labute approximate surface area is 164 Å². The number of alkyl halides is 6. The molecule has 1 rings (SSSR count). The number of nitrogens with zero attached hydrogens (tertiary/aromatic N) is 1. The van der Waals surface area contributed by atoms with Crippen LogP contribution < -0.4 is 5.32 Å². The highest BCUT2D eigenvalue weighted by molar-refractivity contribution is 9.18. The van der Waals surface area contributed by atoms with Crippen molar-refractivity contribution in [2.75, 3.05) is 6.61 Å². The Bertz CT molecular complexity index is 478. The van der Waals surface area contributed by atoms with Crippen LogP contribution in [0.25, 0.3) is 0 Å². The van der Waals surface area contributed by atoms with Gasteiger partial charge >= 0.3 is 0 Å². The fourth-order valence-electron chi connectivity index (χ4n) is 1.33. The van der Waals surface area contributed by atoms with Crippen LogP contribution >= 0.6 is 85.5 Å². The minimum Gasteiger partial charge on any atom is -0.476 e. The number of rotatable bonds is 4. The molecule has 13 heteroatoms. The molecule has 0 saturated carbocycles. The maximum Gasteiger partial charge on any atom is 0.272 e. The second-order valence-electron chi connectivity index (χ2n) is 4.03. The van der Waals surface area contributed by atoms with Gasteiger partial charge in [-0.05, 0) is 15.9 Å². The molecule has 0 spiro atoms. The summed E-state index contributed by atoms with van der Waals surface area (Å²) in [5.41, 5.74) is 0. The molecular weight excluding hydrogens is 491 g/mol. The summed E-state index contributed by atoms with van der Waals surface area (Å²) in [6, 6.07) is -0.797. The van der Waals surface area contributed by atoms with Crippen LogP contribution in [-0.4, -0.2) is 42.8 Å². The van der Waals surface area contributed by atoms with E-state index in [9.17, 15) is 4.79 Å². The largest absolute Gasteiger partial charge is 0.476 e. The minimum atomic E-state index is -2.17. The van der Waals surface area contributed by atoms with Crippen molar-refractivity contribution in [3.63, 3.8) is 0 Å². The van der Waals surface area contributed by atoms with Crippen molar-refractivity contribution in [1.82, 2.24) is 5.32 Å². The van der Waals surface area contributed by atoms with Crippen LogP contribution in [0.15, 0.2) is 5.16 Å². The fourth-order valence-corrected chi connectivity index (χ4v) is 2.06. The number of hydrogen-bond acceptors (Lipinski definition) is 5. The van der Waals surface area contributed by atoms with Gasteiger partial charge in [0.1, 0.15) is 17.3 Å². The van der Waals surface area contributed by atoms with E-state index in [0.717, 1.165) is 0 Å². The lowest BCUT2D eigenvalue weighted by molar-refractivity contribution is -0.122. The maximum atomic E-state index is 11.8. The van der Waals surface area contributed by atoms with E-state index in [1.807, 2.05) is 0 Å². The number of hydrogen-bond donors (Lipinski definition) is 2. The Morgan fingerprint density at radius 1 is 1.41 bits per heavy atom. The first-order chi connectivity index (χ1) is 9.91. The maximum absolute atomic E-state index is 11.8. The molecule has 0 aromatic heterocycles. The number of carbonyl (C=O) groups is 1. The van der Waals surface area contributed by atoms with Crippen LogP contribution in [0.4, 0.5) is 0 Å². The van der Waals surface area contributed by atoms with Crippen molar-refractivity contribution in [3.05, 3.63) is 0 Å². The van der Waals surface area contributed by atoms with Crippen LogP contribution in [0.1, 0.15) is 6.42 Å². The summed E-state index contributed by atoms with van der Waals surface area (Å²) in [6.45, 7) is -0.250. The summed E-state index contributed by atoms with van der Waals surface area (Å²) in [6.07, 6.45) is -0.260. The Morgan fingerprint density at radius 2 is 2.00 bits per heavy atom. The van der Waals surface area contributed by atoms with E-state index in [1.165, 1.54) is 0 Å². The van der Waals surface area contributed by atoms with Crippen LogP contribution in [0, 0.1) is 5.41 Å². The van der Waals surface area contributed by atoms with Gasteiger partial charge < -0.3 is 14.9 Å². The quantitative estimate of drug-likeness (QED) is 0.352. The highest BCUT2D eigenvalue weighted by Crippen LogP contribution is 2.29. The summed E-state index contributed by atoms with van der Waals surface area (Å²) in [7, 11) is 0. The van der Waals surface area contributed by atoms with Gasteiger partial charge in [0.15, 0.2) is 6.10 Å². The van der Waals surface area contributed by atoms with Gasteiger partial charge in [-0.15, -0.1) is 0 Å². The molecule has 0 aromatic rings. The van der Waals surface area contributed by atoms with Crippen molar-refractivity contribution in [2.24, 2.45) is 5.16 Å². The van der Waals surface area contributed by atoms with Crippen molar-refractivity contribution in [2.45, 2.75) is 26.2 Å². The summed E-state index contributed by atoms with van der Waals surface area (Å²) in [4.78, 5) is 16.9. The van der Waals surface area contributed by atoms with E-state index in [2.05, 4.69) is 26.4 Å². The van der Waals surface area contributed by atoms with E-state index in [1.54, 1.807) is 0 Å². The van der Waals surface area contributed by atoms with Gasteiger partial charge in [0.2, 0.25) is 5.90 Å².